The van der Waals surface area contributed by atoms with Crippen molar-refractivity contribution in [3.05, 3.63) is 64.4 Å². The van der Waals surface area contributed by atoms with Crippen LogP contribution in [0.3, 0.4) is 0 Å². The van der Waals surface area contributed by atoms with Crippen LogP contribution in [-0.2, 0) is 4.79 Å². The Hall–Kier alpha value is -2.44. The van der Waals surface area contributed by atoms with Gasteiger partial charge in [-0.15, -0.1) is 0 Å². The normalized spacial score (nSPS) is 14.1. The Balaban J connectivity index is 1.64. The number of carbonyl (C=O) groups excluding carboxylic acids is 2. The van der Waals surface area contributed by atoms with Gasteiger partial charge in [-0.25, -0.2) is 0 Å². The lowest BCUT2D eigenvalue weighted by molar-refractivity contribution is -0.115. The summed E-state index contributed by atoms with van der Waals surface area (Å²) in [6.07, 6.45) is 3.68. The average molecular weight is 431 g/mol. The Morgan fingerprint density at radius 3 is 2.86 bits per heavy atom. The van der Waals surface area contributed by atoms with Gasteiger partial charge in [0.25, 0.3) is 11.8 Å². The number of rotatable bonds is 8. The summed E-state index contributed by atoms with van der Waals surface area (Å²) >= 11 is 8.04. The minimum absolute atomic E-state index is 0.146. The fourth-order valence-electron chi connectivity index (χ4n) is 2.76. The third-order valence-electron chi connectivity index (χ3n) is 4.22. The molecule has 2 aromatic carbocycles. The second kappa shape index (κ2) is 10.4. The third-order valence-corrected chi connectivity index (χ3v) is 5.84. The number of benzene rings is 2. The highest BCUT2D eigenvalue weighted by atomic mass is 35.5. The van der Waals surface area contributed by atoms with Gasteiger partial charge in [0.1, 0.15) is 0 Å². The summed E-state index contributed by atoms with van der Waals surface area (Å²) in [4.78, 5) is 24.7. The highest BCUT2D eigenvalue weighted by molar-refractivity contribution is 7.99. The molecule has 5 nitrogen and oxygen atoms in total. The van der Waals surface area contributed by atoms with E-state index in [0.29, 0.717) is 34.1 Å². The van der Waals surface area contributed by atoms with Crippen molar-refractivity contribution in [2.24, 2.45) is 0 Å². The second-order valence-corrected chi connectivity index (χ2v) is 8.15. The van der Waals surface area contributed by atoms with Crippen molar-refractivity contribution in [1.82, 2.24) is 5.32 Å². The summed E-state index contributed by atoms with van der Waals surface area (Å²) in [7, 11) is 0. The number of ether oxygens (including phenoxy) is 1. The van der Waals surface area contributed by atoms with Crippen molar-refractivity contribution in [3.8, 4) is 5.75 Å². The van der Waals surface area contributed by atoms with Gasteiger partial charge in [-0.2, -0.15) is 11.8 Å². The first-order chi connectivity index (χ1) is 14.1. The predicted molar refractivity (Wildman–Crippen MR) is 120 cm³/mol. The zero-order valence-electron chi connectivity index (χ0n) is 16.2. The SMILES string of the molecule is CCCSCCCNC(=O)c1ccc2c(c1)NC(=O)/C(=C/c1ccccc1Cl)O2. The molecule has 0 unspecified atom stereocenters. The molecule has 1 aliphatic rings. The largest absolute Gasteiger partial charge is 0.449 e. The van der Waals surface area contributed by atoms with Gasteiger partial charge in [0, 0.05) is 17.1 Å². The first-order valence-corrected chi connectivity index (χ1v) is 11.1. The lowest BCUT2D eigenvalue weighted by Crippen LogP contribution is -2.26. The van der Waals surface area contributed by atoms with Crippen LogP contribution in [0, 0.1) is 0 Å². The number of halogens is 1. The van der Waals surface area contributed by atoms with E-state index in [2.05, 4.69) is 17.6 Å². The summed E-state index contributed by atoms with van der Waals surface area (Å²) in [5, 5.41) is 6.22. The van der Waals surface area contributed by atoms with Crippen LogP contribution < -0.4 is 15.4 Å². The quantitative estimate of drug-likeness (QED) is 0.458. The lowest BCUT2D eigenvalue weighted by atomic mass is 10.1. The van der Waals surface area contributed by atoms with Gasteiger partial charge < -0.3 is 15.4 Å². The van der Waals surface area contributed by atoms with E-state index in [9.17, 15) is 9.59 Å². The van der Waals surface area contributed by atoms with Crippen LogP contribution in [0.1, 0.15) is 35.7 Å². The van der Waals surface area contributed by atoms with Crippen molar-refractivity contribution < 1.29 is 14.3 Å². The molecule has 3 rings (SSSR count). The fraction of sp³-hybridized carbons (Fsp3) is 0.273. The number of thioether (sulfide) groups is 1. The standard InChI is InChI=1S/C22H23ClN2O3S/c1-2-11-29-12-5-10-24-21(26)16-8-9-19-18(13-16)25-22(27)20(28-19)14-15-6-3-4-7-17(15)23/h3-4,6-9,13-14H,2,5,10-12H2,1H3,(H,24,26)(H,25,27)/b20-14-. The van der Waals surface area contributed by atoms with Gasteiger partial charge in [0.15, 0.2) is 11.5 Å². The Morgan fingerprint density at radius 1 is 1.24 bits per heavy atom. The van der Waals surface area contributed by atoms with E-state index in [1.807, 2.05) is 23.9 Å². The fourth-order valence-corrected chi connectivity index (χ4v) is 3.79. The summed E-state index contributed by atoms with van der Waals surface area (Å²) in [5.41, 5.74) is 1.64. The minimum atomic E-state index is -0.386. The van der Waals surface area contributed by atoms with Crippen LogP contribution in [0.5, 0.6) is 5.75 Å². The number of hydrogen-bond acceptors (Lipinski definition) is 4. The summed E-state index contributed by atoms with van der Waals surface area (Å²) in [6.45, 7) is 2.78. The molecule has 0 fully saturated rings. The molecule has 0 bridgehead atoms. The van der Waals surface area contributed by atoms with Crippen LogP contribution in [-0.4, -0.2) is 29.9 Å². The third kappa shape index (κ3) is 5.78. The number of fused-ring (bicyclic) bond motifs is 1. The molecular formula is C22H23ClN2O3S. The number of carbonyl (C=O) groups is 2. The summed E-state index contributed by atoms with van der Waals surface area (Å²) < 4.78 is 5.73. The van der Waals surface area contributed by atoms with E-state index in [1.54, 1.807) is 36.4 Å². The summed E-state index contributed by atoms with van der Waals surface area (Å²) in [5.74, 6) is 2.25. The van der Waals surface area contributed by atoms with E-state index >= 15 is 0 Å². The van der Waals surface area contributed by atoms with E-state index < -0.39 is 0 Å². The number of hydrogen-bond donors (Lipinski definition) is 2. The summed E-state index contributed by atoms with van der Waals surface area (Å²) in [6, 6.07) is 12.2. The van der Waals surface area contributed by atoms with Gasteiger partial charge in [-0.3, -0.25) is 9.59 Å². The van der Waals surface area contributed by atoms with Crippen molar-refractivity contribution in [1.29, 1.82) is 0 Å². The first-order valence-electron chi connectivity index (χ1n) is 9.54. The lowest BCUT2D eigenvalue weighted by Gasteiger charge is -2.20. The van der Waals surface area contributed by atoms with E-state index in [0.717, 1.165) is 24.3 Å². The van der Waals surface area contributed by atoms with Crippen molar-refractivity contribution in [2.75, 3.05) is 23.4 Å². The molecule has 1 aliphatic heterocycles. The van der Waals surface area contributed by atoms with Gasteiger partial charge in [-0.1, -0.05) is 36.7 Å². The molecule has 1 heterocycles. The zero-order valence-corrected chi connectivity index (χ0v) is 17.7. The van der Waals surface area contributed by atoms with Crippen LogP contribution in [0.2, 0.25) is 5.02 Å². The van der Waals surface area contributed by atoms with Gasteiger partial charge in [0.05, 0.1) is 5.69 Å². The Bertz CT molecular complexity index is 930. The molecule has 0 aromatic heterocycles. The smallest absolute Gasteiger partial charge is 0.291 e. The maximum absolute atomic E-state index is 12.4. The number of nitrogens with one attached hydrogen (secondary N) is 2. The topological polar surface area (TPSA) is 67.4 Å². The van der Waals surface area contributed by atoms with Crippen LogP contribution >= 0.6 is 23.4 Å². The predicted octanol–water partition coefficient (Wildman–Crippen LogP) is 4.98. The molecule has 152 valence electrons. The van der Waals surface area contributed by atoms with Gasteiger partial charge in [-0.05, 0) is 60.3 Å². The van der Waals surface area contributed by atoms with Gasteiger partial charge in [0.2, 0.25) is 0 Å². The molecule has 29 heavy (non-hydrogen) atoms. The molecule has 0 atom stereocenters. The molecule has 2 amide bonds. The molecule has 7 heteroatoms. The molecule has 2 N–H and O–H groups in total. The highest BCUT2D eigenvalue weighted by Crippen LogP contribution is 2.33. The molecule has 2 aromatic rings. The number of anilines is 1. The van der Waals surface area contributed by atoms with Gasteiger partial charge >= 0.3 is 0 Å². The average Bonchev–Trinajstić information content (AvgIpc) is 2.72. The second-order valence-electron chi connectivity index (χ2n) is 6.52. The molecule has 0 radical (unpaired) electrons. The van der Waals surface area contributed by atoms with E-state index in [1.165, 1.54) is 0 Å². The van der Waals surface area contributed by atoms with Crippen LogP contribution in [0.25, 0.3) is 6.08 Å². The molecular weight excluding hydrogens is 408 g/mol. The zero-order chi connectivity index (χ0) is 20.6. The maximum Gasteiger partial charge on any atom is 0.291 e. The highest BCUT2D eigenvalue weighted by Gasteiger charge is 2.23. The van der Waals surface area contributed by atoms with Crippen LogP contribution in [0.15, 0.2) is 48.2 Å². The van der Waals surface area contributed by atoms with Crippen molar-refractivity contribution in [2.45, 2.75) is 19.8 Å². The molecule has 0 aliphatic carbocycles. The first kappa shape index (κ1) is 21.3. The molecule has 0 spiro atoms. The Kier molecular flexibility index (Phi) is 7.61. The Labute approximate surface area is 179 Å². The van der Waals surface area contributed by atoms with Crippen LogP contribution in [0.4, 0.5) is 5.69 Å². The minimum Gasteiger partial charge on any atom is -0.449 e. The Morgan fingerprint density at radius 2 is 2.07 bits per heavy atom. The molecule has 0 saturated heterocycles. The maximum atomic E-state index is 12.4. The molecule has 0 saturated carbocycles. The van der Waals surface area contributed by atoms with Crippen molar-refractivity contribution in [3.63, 3.8) is 0 Å². The van der Waals surface area contributed by atoms with E-state index in [-0.39, 0.29) is 17.6 Å². The monoisotopic (exact) mass is 430 g/mol. The van der Waals surface area contributed by atoms with E-state index in [4.69, 9.17) is 16.3 Å². The number of amides is 2. The van der Waals surface area contributed by atoms with Crippen molar-refractivity contribution >= 4 is 46.9 Å².